The Labute approximate surface area is 183 Å². The molecule has 1 aromatic carbocycles. The first kappa shape index (κ1) is 22.1. The predicted octanol–water partition coefficient (Wildman–Crippen LogP) is 3.60. The summed E-state index contributed by atoms with van der Waals surface area (Å²) in [7, 11) is 0. The number of carbonyl (C=O) groups is 2. The Morgan fingerprint density at radius 2 is 1.94 bits per heavy atom. The van der Waals surface area contributed by atoms with E-state index >= 15 is 0 Å². The van der Waals surface area contributed by atoms with E-state index in [1.54, 1.807) is 12.1 Å². The van der Waals surface area contributed by atoms with Crippen LogP contribution in [-0.4, -0.2) is 39.9 Å². The topological polar surface area (TPSA) is 114 Å². The number of H-pyrrole nitrogens is 1. The average molecular weight is 465 g/mol. The van der Waals surface area contributed by atoms with Crippen molar-refractivity contribution >= 4 is 11.9 Å². The van der Waals surface area contributed by atoms with E-state index in [-0.39, 0.29) is 41.4 Å². The molecule has 0 saturated carbocycles. The molecule has 0 radical (unpaired) electrons. The number of aromatic carboxylic acids is 1. The molecule has 0 unspecified atom stereocenters. The quantitative estimate of drug-likeness (QED) is 0.497. The molecule has 33 heavy (non-hydrogen) atoms. The largest absolute Gasteiger partial charge is 0.573 e. The maximum atomic E-state index is 14.6. The minimum absolute atomic E-state index is 0.0637. The van der Waals surface area contributed by atoms with Crippen molar-refractivity contribution in [2.24, 2.45) is 0 Å². The SMILES string of the molecule is O=C(O)c1ccc(C(=O)N[C@]2(c3ccc(OC(F)(F)F)c(F)c3)CCOc3cccnc32)[nH]1. The van der Waals surface area contributed by atoms with Crippen LogP contribution in [0.25, 0.3) is 0 Å². The number of nitrogens with zero attached hydrogens (tertiary/aromatic N) is 1. The van der Waals surface area contributed by atoms with E-state index < -0.39 is 35.3 Å². The second-order valence-electron chi connectivity index (χ2n) is 7.09. The van der Waals surface area contributed by atoms with Crippen molar-refractivity contribution in [1.82, 2.24) is 15.3 Å². The van der Waals surface area contributed by atoms with Crippen LogP contribution in [0.5, 0.6) is 11.5 Å². The zero-order chi connectivity index (χ0) is 23.8. The third kappa shape index (κ3) is 4.31. The highest BCUT2D eigenvalue weighted by molar-refractivity contribution is 5.96. The van der Waals surface area contributed by atoms with Crippen molar-refractivity contribution in [3.8, 4) is 11.5 Å². The van der Waals surface area contributed by atoms with Crippen LogP contribution >= 0.6 is 0 Å². The van der Waals surface area contributed by atoms with E-state index in [1.807, 2.05) is 0 Å². The van der Waals surface area contributed by atoms with E-state index in [1.165, 1.54) is 24.4 Å². The minimum atomic E-state index is -5.09. The van der Waals surface area contributed by atoms with Gasteiger partial charge in [0.2, 0.25) is 0 Å². The second kappa shape index (κ2) is 8.11. The van der Waals surface area contributed by atoms with Crippen LogP contribution in [-0.2, 0) is 5.54 Å². The number of benzene rings is 1. The number of hydrogen-bond acceptors (Lipinski definition) is 5. The van der Waals surface area contributed by atoms with Gasteiger partial charge < -0.3 is 24.9 Å². The summed E-state index contributed by atoms with van der Waals surface area (Å²) in [5.74, 6) is -4.05. The highest BCUT2D eigenvalue weighted by atomic mass is 19.4. The lowest BCUT2D eigenvalue weighted by atomic mass is 9.81. The van der Waals surface area contributed by atoms with Gasteiger partial charge in [-0.15, -0.1) is 13.2 Å². The molecular weight excluding hydrogens is 450 g/mol. The fourth-order valence-electron chi connectivity index (χ4n) is 3.62. The smallest absolute Gasteiger partial charge is 0.491 e. The van der Waals surface area contributed by atoms with Crippen molar-refractivity contribution < 1.29 is 41.7 Å². The van der Waals surface area contributed by atoms with Crippen LogP contribution in [0.1, 0.15) is 38.7 Å². The third-order valence-corrected chi connectivity index (χ3v) is 5.05. The molecule has 3 heterocycles. The van der Waals surface area contributed by atoms with Crippen LogP contribution in [0.2, 0.25) is 0 Å². The standard InChI is InChI=1S/C21H15F4N3O5/c22-12-10-11(3-6-15(12)33-21(23,24)25)20(7-9-32-16-2-1-8-26-17(16)20)28-18(29)13-4-5-14(27-13)19(30)31/h1-6,8,10,27H,7,9H2,(H,28,29)(H,30,31)/t20-/m0/s1. The molecular formula is C21H15F4N3O5. The van der Waals surface area contributed by atoms with Gasteiger partial charge in [-0.05, 0) is 42.0 Å². The van der Waals surface area contributed by atoms with Crippen LogP contribution in [0.4, 0.5) is 17.6 Å². The van der Waals surface area contributed by atoms with Gasteiger partial charge in [0.1, 0.15) is 28.4 Å². The first-order valence-electron chi connectivity index (χ1n) is 9.48. The summed E-state index contributed by atoms with van der Waals surface area (Å²) in [5, 5.41) is 11.8. The summed E-state index contributed by atoms with van der Waals surface area (Å²) >= 11 is 0. The summed E-state index contributed by atoms with van der Waals surface area (Å²) in [6, 6.07) is 8.43. The van der Waals surface area contributed by atoms with Crippen LogP contribution in [0, 0.1) is 5.82 Å². The number of pyridine rings is 1. The van der Waals surface area contributed by atoms with Crippen LogP contribution < -0.4 is 14.8 Å². The first-order chi connectivity index (χ1) is 15.6. The van der Waals surface area contributed by atoms with Gasteiger partial charge >= 0.3 is 12.3 Å². The molecule has 1 aliphatic rings. The lowest BCUT2D eigenvalue weighted by Crippen LogP contribution is -2.50. The van der Waals surface area contributed by atoms with E-state index in [9.17, 15) is 27.2 Å². The summed E-state index contributed by atoms with van der Waals surface area (Å²) in [6.07, 6.45) is -3.60. The molecule has 1 aliphatic heterocycles. The molecule has 0 bridgehead atoms. The van der Waals surface area contributed by atoms with E-state index in [4.69, 9.17) is 9.84 Å². The Bertz CT molecular complexity index is 1230. The van der Waals surface area contributed by atoms with Crippen LogP contribution in [0.3, 0.4) is 0 Å². The summed E-state index contributed by atoms with van der Waals surface area (Å²) in [4.78, 5) is 30.8. The van der Waals surface area contributed by atoms with E-state index in [0.29, 0.717) is 0 Å². The average Bonchev–Trinajstić information content (AvgIpc) is 3.25. The number of fused-ring (bicyclic) bond motifs is 1. The molecule has 12 heteroatoms. The maximum absolute atomic E-state index is 14.6. The number of hydrogen-bond donors (Lipinski definition) is 3. The van der Waals surface area contributed by atoms with Gasteiger partial charge in [-0.25, -0.2) is 9.18 Å². The Kier molecular flexibility index (Phi) is 5.44. The summed E-state index contributed by atoms with van der Waals surface area (Å²) in [6.45, 7) is 0.0759. The molecule has 172 valence electrons. The van der Waals surface area contributed by atoms with Gasteiger partial charge in [-0.3, -0.25) is 9.78 Å². The molecule has 8 nitrogen and oxygen atoms in total. The fraction of sp³-hybridized carbons (Fsp3) is 0.190. The van der Waals surface area contributed by atoms with Gasteiger partial charge in [0, 0.05) is 12.6 Å². The monoisotopic (exact) mass is 465 g/mol. The lowest BCUT2D eigenvalue weighted by molar-refractivity contribution is -0.275. The zero-order valence-corrected chi connectivity index (χ0v) is 16.6. The molecule has 1 amide bonds. The number of carboxylic acids is 1. The molecule has 1 atom stereocenters. The number of carbonyl (C=O) groups excluding carboxylic acids is 1. The number of rotatable bonds is 5. The molecule has 3 N–H and O–H groups in total. The first-order valence-corrected chi connectivity index (χ1v) is 9.48. The number of aromatic nitrogens is 2. The fourth-order valence-corrected chi connectivity index (χ4v) is 3.62. The van der Waals surface area contributed by atoms with E-state index in [2.05, 4.69) is 20.0 Å². The molecule has 0 aliphatic carbocycles. The van der Waals surface area contributed by atoms with Gasteiger partial charge in [-0.2, -0.15) is 0 Å². The number of amides is 1. The number of aromatic amines is 1. The van der Waals surface area contributed by atoms with Crippen molar-refractivity contribution in [2.45, 2.75) is 18.3 Å². The number of carboxylic acid groups (broad SMARTS) is 1. The molecule has 3 aromatic rings. The summed E-state index contributed by atoms with van der Waals surface area (Å²) < 4.78 is 61.5. The highest BCUT2D eigenvalue weighted by Gasteiger charge is 2.43. The third-order valence-electron chi connectivity index (χ3n) is 5.05. The maximum Gasteiger partial charge on any atom is 0.573 e. The molecule has 0 saturated heterocycles. The molecule has 0 fully saturated rings. The van der Waals surface area contributed by atoms with Crippen molar-refractivity contribution in [1.29, 1.82) is 0 Å². The molecule has 2 aromatic heterocycles. The Hall–Kier alpha value is -4.09. The van der Waals surface area contributed by atoms with Crippen LogP contribution in [0.15, 0.2) is 48.7 Å². The lowest BCUT2D eigenvalue weighted by Gasteiger charge is -2.39. The van der Waals surface area contributed by atoms with Crippen molar-refractivity contribution in [3.05, 3.63) is 77.1 Å². The van der Waals surface area contributed by atoms with Crippen molar-refractivity contribution in [3.63, 3.8) is 0 Å². The number of halogens is 4. The normalized spacial score (nSPS) is 17.6. The van der Waals surface area contributed by atoms with Crippen molar-refractivity contribution in [2.75, 3.05) is 6.61 Å². The van der Waals surface area contributed by atoms with Gasteiger partial charge in [-0.1, -0.05) is 6.07 Å². The summed E-state index contributed by atoms with van der Waals surface area (Å²) in [5.41, 5.74) is -1.50. The van der Waals surface area contributed by atoms with Gasteiger partial charge in [0.05, 0.1) is 6.61 Å². The molecule has 4 rings (SSSR count). The second-order valence-corrected chi connectivity index (χ2v) is 7.09. The van der Waals surface area contributed by atoms with Gasteiger partial charge in [0.25, 0.3) is 5.91 Å². The Morgan fingerprint density at radius 3 is 2.61 bits per heavy atom. The minimum Gasteiger partial charge on any atom is -0.491 e. The number of nitrogens with one attached hydrogen (secondary N) is 2. The highest BCUT2D eigenvalue weighted by Crippen LogP contribution is 2.42. The predicted molar refractivity (Wildman–Crippen MR) is 103 cm³/mol. The molecule has 0 spiro atoms. The zero-order valence-electron chi connectivity index (χ0n) is 16.6. The van der Waals surface area contributed by atoms with Gasteiger partial charge in [0.15, 0.2) is 11.6 Å². The number of alkyl halides is 3. The Morgan fingerprint density at radius 1 is 1.18 bits per heavy atom. The Balaban J connectivity index is 1.79. The number of ether oxygens (including phenoxy) is 2. The van der Waals surface area contributed by atoms with E-state index in [0.717, 1.165) is 12.1 Å².